The van der Waals surface area contributed by atoms with Crippen molar-refractivity contribution in [1.82, 2.24) is 0 Å². The highest BCUT2D eigenvalue weighted by molar-refractivity contribution is 9.11. The summed E-state index contributed by atoms with van der Waals surface area (Å²) in [4.78, 5) is 2.38. The van der Waals surface area contributed by atoms with E-state index >= 15 is 0 Å². The summed E-state index contributed by atoms with van der Waals surface area (Å²) in [5, 5.41) is 0. The van der Waals surface area contributed by atoms with Gasteiger partial charge in [0.1, 0.15) is 0 Å². The summed E-state index contributed by atoms with van der Waals surface area (Å²) in [6, 6.07) is 12.7. The lowest BCUT2D eigenvalue weighted by Crippen LogP contribution is -2.19. The average molecular weight is 569 g/mol. The molecule has 0 aliphatic carbocycles. The molecule has 1 nitrogen and oxygen atoms in total. The first-order valence-electron chi connectivity index (χ1n) is 7.70. The Morgan fingerprint density at radius 1 is 0.739 bits per heavy atom. The summed E-state index contributed by atoms with van der Waals surface area (Å²) < 4.78 is 4.34. The topological polar surface area (TPSA) is 3.24 Å². The van der Waals surface area contributed by atoms with Gasteiger partial charge in [0.2, 0.25) is 0 Å². The third kappa shape index (κ3) is 5.58. The second-order valence-corrected chi connectivity index (χ2v) is 8.94. The molecule has 0 saturated carbocycles. The minimum Gasteiger partial charge on any atom is -0.340 e. The molecule has 0 bridgehead atoms. The second kappa shape index (κ2) is 9.59. The van der Waals surface area contributed by atoms with Crippen LogP contribution in [-0.4, -0.2) is 6.54 Å². The monoisotopic (exact) mass is 565 g/mol. The van der Waals surface area contributed by atoms with Crippen molar-refractivity contribution in [2.24, 2.45) is 0 Å². The van der Waals surface area contributed by atoms with Crippen LogP contribution < -0.4 is 4.90 Å². The van der Waals surface area contributed by atoms with E-state index in [-0.39, 0.29) is 0 Å². The first-order valence-corrected chi connectivity index (χ1v) is 10.9. The van der Waals surface area contributed by atoms with Crippen LogP contribution in [0.2, 0.25) is 0 Å². The maximum atomic E-state index is 3.71. The van der Waals surface area contributed by atoms with Gasteiger partial charge < -0.3 is 4.90 Å². The Bertz CT molecular complexity index is 606. The van der Waals surface area contributed by atoms with Gasteiger partial charge in [0.15, 0.2) is 0 Å². The number of hydrogen-bond donors (Lipinski definition) is 0. The third-order valence-corrected chi connectivity index (χ3v) is 5.89. The summed E-state index contributed by atoms with van der Waals surface area (Å²) in [6.45, 7) is 3.24. The Morgan fingerprint density at radius 3 is 1.70 bits per heavy atom. The van der Waals surface area contributed by atoms with Crippen LogP contribution in [0.5, 0.6) is 0 Å². The lowest BCUT2D eigenvalue weighted by Gasteiger charge is -2.27. The number of anilines is 2. The normalized spacial score (nSPS) is 10.8. The fraction of sp³-hybridized carbons (Fsp3) is 0.333. The zero-order valence-electron chi connectivity index (χ0n) is 13.0. The molecule has 2 rings (SSSR count). The van der Waals surface area contributed by atoms with E-state index in [1.165, 1.54) is 37.1 Å². The maximum Gasteiger partial charge on any atom is 0.0556 e. The molecule has 0 amide bonds. The summed E-state index contributed by atoms with van der Waals surface area (Å²) in [5.74, 6) is 0. The predicted octanol–water partition coefficient (Wildman–Crippen LogP) is 8.46. The molecule has 0 atom stereocenters. The molecule has 0 aliphatic rings. The van der Waals surface area contributed by atoms with Crippen LogP contribution in [0, 0.1) is 0 Å². The molecule has 0 N–H and O–H groups in total. The van der Waals surface area contributed by atoms with E-state index in [1.54, 1.807) is 0 Å². The Balaban J connectivity index is 2.34. The number of hydrogen-bond acceptors (Lipinski definition) is 1. The SMILES string of the molecule is CCCCCCN(c1ccc(Br)cc1Br)c1ccc(Br)cc1Br. The van der Waals surface area contributed by atoms with Crippen molar-refractivity contribution in [2.45, 2.75) is 32.6 Å². The van der Waals surface area contributed by atoms with Gasteiger partial charge in [0.05, 0.1) is 11.4 Å². The van der Waals surface area contributed by atoms with Gasteiger partial charge in [-0.2, -0.15) is 0 Å². The molecule has 0 aromatic heterocycles. The molecule has 0 saturated heterocycles. The highest BCUT2D eigenvalue weighted by atomic mass is 79.9. The lowest BCUT2D eigenvalue weighted by atomic mass is 10.1. The number of nitrogens with zero attached hydrogens (tertiary/aromatic N) is 1. The maximum absolute atomic E-state index is 3.71. The molecule has 23 heavy (non-hydrogen) atoms. The smallest absolute Gasteiger partial charge is 0.0556 e. The highest BCUT2D eigenvalue weighted by Gasteiger charge is 2.15. The van der Waals surface area contributed by atoms with E-state index in [1.807, 2.05) is 0 Å². The van der Waals surface area contributed by atoms with Gasteiger partial charge >= 0.3 is 0 Å². The van der Waals surface area contributed by atoms with E-state index in [0.29, 0.717) is 0 Å². The zero-order chi connectivity index (χ0) is 16.8. The van der Waals surface area contributed by atoms with Gasteiger partial charge in [-0.15, -0.1) is 0 Å². The highest BCUT2D eigenvalue weighted by Crippen LogP contribution is 2.38. The Labute approximate surface area is 172 Å². The van der Waals surface area contributed by atoms with Crippen molar-refractivity contribution in [1.29, 1.82) is 0 Å². The molecular formula is C18H19Br4N. The minimum atomic E-state index is 1.00. The predicted molar refractivity (Wildman–Crippen MR) is 115 cm³/mol. The number of halogens is 4. The Kier molecular flexibility index (Phi) is 8.13. The Hall–Kier alpha value is 0.160. The molecule has 0 aliphatic heterocycles. The van der Waals surface area contributed by atoms with Crippen molar-refractivity contribution in [3.05, 3.63) is 54.3 Å². The van der Waals surface area contributed by atoms with Crippen molar-refractivity contribution in [3.63, 3.8) is 0 Å². The molecule has 0 radical (unpaired) electrons. The van der Waals surface area contributed by atoms with Crippen molar-refractivity contribution in [3.8, 4) is 0 Å². The fourth-order valence-corrected chi connectivity index (χ4v) is 4.99. The van der Waals surface area contributed by atoms with E-state index in [4.69, 9.17) is 0 Å². The average Bonchev–Trinajstić information content (AvgIpc) is 2.49. The molecule has 5 heteroatoms. The molecule has 0 unspecified atom stereocenters. The minimum absolute atomic E-state index is 1.00. The number of unbranched alkanes of at least 4 members (excludes halogenated alkanes) is 3. The molecular weight excluding hydrogens is 550 g/mol. The van der Waals surface area contributed by atoms with Crippen LogP contribution in [0.3, 0.4) is 0 Å². The zero-order valence-corrected chi connectivity index (χ0v) is 19.3. The van der Waals surface area contributed by atoms with E-state index < -0.39 is 0 Å². The largest absolute Gasteiger partial charge is 0.340 e. The summed E-state index contributed by atoms with van der Waals surface area (Å²) in [7, 11) is 0. The van der Waals surface area contributed by atoms with Gasteiger partial charge in [0.25, 0.3) is 0 Å². The first-order chi connectivity index (χ1) is 11.0. The van der Waals surface area contributed by atoms with E-state index in [2.05, 4.69) is 112 Å². The quantitative estimate of drug-likeness (QED) is 0.303. The fourth-order valence-electron chi connectivity index (χ4n) is 2.47. The molecule has 2 aromatic rings. The van der Waals surface area contributed by atoms with Crippen LogP contribution in [-0.2, 0) is 0 Å². The van der Waals surface area contributed by atoms with Crippen LogP contribution >= 0.6 is 63.7 Å². The number of rotatable bonds is 7. The summed E-state index contributed by atoms with van der Waals surface area (Å²) in [5.41, 5.74) is 2.38. The van der Waals surface area contributed by atoms with Crippen LogP contribution in [0.15, 0.2) is 54.3 Å². The van der Waals surface area contributed by atoms with Gasteiger partial charge in [-0.3, -0.25) is 0 Å². The van der Waals surface area contributed by atoms with E-state index in [9.17, 15) is 0 Å². The summed E-state index contributed by atoms with van der Waals surface area (Å²) >= 11 is 14.5. The molecule has 0 fully saturated rings. The van der Waals surface area contributed by atoms with Gasteiger partial charge in [-0.1, -0.05) is 58.0 Å². The molecule has 2 aromatic carbocycles. The molecule has 0 spiro atoms. The van der Waals surface area contributed by atoms with Crippen LogP contribution in [0.4, 0.5) is 11.4 Å². The third-order valence-electron chi connectivity index (χ3n) is 3.64. The second-order valence-electron chi connectivity index (χ2n) is 5.40. The molecule has 0 heterocycles. The van der Waals surface area contributed by atoms with Crippen molar-refractivity contribution in [2.75, 3.05) is 11.4 Å². The van der Waals surface area contributed by atoms with Gasteiger partial charge in [-0.05, 0) is 74.7 Å². The standard InChI is InChI=1S/C18H19Br4N/c1-2-3-4-5-10-23(17-8-6-13(19)11-15(17)21)18-9-7-14(20)12-16(18)22/h6-9,11-12H,2-5,10H2,1H3. The van der Waals surface area contributed by atoms with Crippen molar-refractivity contribution >= 4 is 75.1 Å². The lowest BCUT2D eigenvalue weighted by molar-refractivity contribution is 0.668. The van der Waals surface area contributed by atoms with Crippen LogP contribution in [0.25, 0.3) is 0 Å². The number of benzene rings is 2. The summed E-state index contributed by atoms with van der Waals surface area (Å²) in [6.07, 6.45) is 4.98. The first kappa shape index (κ1) is 19.5. The van der Waals surface area contributed by atoms with E-state index in [0.717, 1.165) is 24.4 Å². The van der Waals surface area contributed by atoms with Crippen molar-refractivity contribution < 1.29 is 0 Å². The van der Waals surface area contributed by atoms with Crippen LogP contribution in [0.1, 0.15) is 32.6 Å². The molecule has 124 valence electrons. The van der Waals surface area contributed by atoms with Gasteiger partial charge in [-0.25, -0.2) is 0 Å². The Morgan fingerprint density at radius 2 is 1.26 bits per heavy atom. The van der Waals surface area contributed by atoms with Gasteiger partial charge in [0, 0.05) is 24.4 Å².